The lowest BCUT2D eigenvalue weighted by atomic mass is 10.1. The number of nitrogens with one attached hydrogen (secondary N) is 1. The van der Waals surface area contributed by atoms with Gasteiger partial charge in [-0.2, -0.15) is 0 Å². The third-order valence-electron chi connectivity index (χ3n) is 2.96. The lowest BCUT2D eigenvalue weighted by Gasteiger charge is -2.12. The third kappa shape index (κ3) is 2.61. The molecule has 1 aromatic heterocycles. The Morgan fingerprint density at radius 3 is 2.84 bits per heavy atom. The maximum Gasteiger partial charge on any atom is 0.228 e. The van der Waals surface area contributed by atoms with Crippen LogP contribution in [0.2, 0.25) is 5.02 Å². The monoisotopic (exact) mass is 419 g/mol. The summed E-state index contributed by atoms with van der Waals surface area (Å²) >= 11 is 15.1. The molecule has 1 unspecified atom stereocenters. The number of carbonyl (C=O) groups excluding carboxylic acids is 1. The molecular weight excluding hydrogens is 413 g/mol. The Balaban J connectivity index is 2.02. The minimum Gasteiger partial charge on any atom is -0.325 e. The molecule has 0 bridgehead atoms. The average Bonchev–Trinajstić information content (AvgIpc) is 2.92. The molecule has 1 aliphatic rings. The molecule has 2 aromatic rings. The number of thiophene rings is 1. The predicted molar refractivity (Wildman–Crippen MR) is 86.6 cm³/mol. The Morgan fingerprint density at radius 1 is 1.37 bits per heavy atom. The van der Waals surface area contributed by atoms with Crippen molar-refractivity contribution in [3.63, 3.8) is 0 Å². The Morgan fingerprint density at radius 2 is 2.16 bits per heavy atom. The zero-order chi connectivity index (χ0) is 13.6. The fourth-order valence-electron chi connectivity index (χ4n) is 2.08. The summed E-state index contributed by atoms with van der Waals surface area (Å²) in [6, 6.07) is 7.90. The molecule has 3 rings (SSSR count). The molecule has 1 atom stereocenters. The number of hydrogen-bond acceptors (Lipinski definition) is 2. The molecule has 0 spiro atoms. The van der Waals surface area contributed by atoms with Gasteiger partial charge in [-0.1, -0.05) is 33.6 Å². The number of amides is 1. The molecule has 98 valence electrons. The van der Waals surface area contributed by atoms with Crippen LogP contribution in [0.4, 0.5) is 5.69 Å². The number of hydrogen-bond donors (Lipinski definition) is 1. The van der Waals surface area contributed by atoms with E-state index < -0.39 is 0 Å². The van der Waals surface area contributed by atoms with E-state index in [9.17, 15) is 4.79 Å². The highest BCUT2D eigenvalue weighted by molar-refractivity contribution is 9.11. The molecule has 0 saturated carbocycles. The molecule has 0 radical (unpaired) electrons. The maximum absolute atomic E-state index is 11.4. The number of halogens is 3. The number of alkyl halides is 1. The zero-order valence-corrected chi connectivity index (χ0v) is 14.3. The number of rotatable bonds is 2. The number of benzene rings is 1. The van der Waals surface area contributed by atoms with Crippen molar-refractivity contribution in [1.82, 2.24) is 0 Å². The number of fused-ring (bicyclic) bond motifs is 1. The predicted octanol–water partition coefficient (Wildman–Crippen LogP) is 5.14. The first-order valence-corrected chi connectivity index (χ1v) is 8.46. The van der Waals surface area contributed by atoms with E-state index in [-0.39, 0.29) is 10.7 Å². The minimum atomic E-state index is 0.0215. The van der Waals surface area contributed by atoms with Crippen LogP contribution in [0.15, 0.2) is 28.1 Å². The van der Waals surface area contributed by atoms with Crippen LogP contribution in [0.1, 0.15) is 20.8 Å². The van der Waals surface area contributed by atoms with Crippen LogP contribution >= 0.6 is 54.8 Å². The van der Waals surface area contributed by atoms with E-state index in [4.69, 9.17) is 11.6 Å². The van der Waals surface area contributed by atoms with Crippen LogP contribution in [-0.4, -0.2) is 5.91 Å². The second-order valence-electron chi connectivity index (χ2n) is 4.26. The topological polar surface area (TPSA) is 29.1 Å². The third-order valence-corrected chi connectivity index (χ3v) is 6.27. The SMILES string of the molecule is O=C1Cc2cc(C(Br)c3ccc(Br)s3)c(Cl)cc2N1. The van der Waals surface area contributed by atoms with E-state index >= 15 is 0 Å². The van der Waals surface area contributed by atoms with E-state index in [1.54, 1.807) is 11.3 Å². The summed E-state index contributed by atoms with van der Waals surface area (Å²) in [5.74, 6) is 0.0215. The van der Waals surface area contributed by atoms with Gasteiger partial charge in [0.1, 0.15) is 0 Å². The highest BCUT2D eigenvalue weighted by Crippen LogP contribution is 2.42. The van der Waals surface area contributed by atoms with Crippen LogP contribution in [-0.2, 0) is 11.2 Å². The number of anilines is 1. The van der Waals surface area contributed by atoms with Crippen molar-refractivity contribution in [2.45, 2.75) is 11.2 Å². The molecule has 0 aliphatic carbocycles. The fourth-order valence-corrected chi connectivity index (χ4v) is 4.72. The molecule has 0 saturated heterocycles. The summed E-state index contributed by atoms with van der Waals surface area (Å²) in [7, 11) is 0. The van der Waals surface area contributed by atoms with Crippen LogP contribution in [0, 0.1) is 0 Å². The van der Waals surface area contributed by atoms with Gasteiger partial charge in [-0.15, -0.1) is 11.3 Å². The van der Waals surface area contributed by atoms with E-state index in [2.05, 4.69) is 43.2 Å². The summed E-state index contributed by atoms with van der Waals surface area (Å²) in [6.45, 7) is 0. The van der Waals surface area contributed by atoms with Crippen LogP contribution in [0.3, 0.4) is 0 Å². The molecule has 6 heteroatoms. The maximum atomic E-state index is 11.4. The Bertz CT molecular complexity index is 671. The summed E-state index contributed by atoms with van der Waals surface area (Å²) < 4.78 is 1.08. The molecule has 2 heterocycles. The van der Waals surface area contributed by atoms with E-state index in [1.807, 2.05) is 18.2 Å². The summed E-state index contributed by atoms with van der Waals surface area (Å²) in [6.07, 6.45) is 0.424. The zero-order valence-electron chi connectivity index (χ0n) is 9.54. The lowest BCUT2D eigenvalue weighted by molar-refractivity contribution is -0.115. The van der Waals surface area contributed by atoms with Crippen molar-refractivity contribution < 1.29 is 4.79 Å². The Labute approximate surface area is 136 Å². The van der Waals surface area contributed by atoms with Crippen molar-refractivity contribution in [3.8, 4) is 0 Å². The van der Waals surface area contributed by atoms with Gasteiger partial charge in [-0.05, 0) is 45.3 Å². The standard InChI is InChI=1S/C13H8Br2ClNOS/c14-11-2-1-10(19-11)13(15)7-3-6-4-12(18)17-9(6)5-8(7)16/h1-3,5,13H,4H2,(H,17,18). The first kappa shape index (κ1) is 13.6. The average molecular weight is 422 g/mol. The fraction of sp³-hybridized carbons (Fsp3) is 0.154. The van der Waals surface area contributed by atoms with E-state index in [0.29, 0.717) is 11.4 Å². The quantitative estimate of drug-likeness (QED) is 0.668. The van der Waals surface area contributed by atoms with Gasteiger partial charge in [0.25, 0.3) is 0 Å². The highest BCUT2D eigenvalue weighted by atomic mass is 79.9. The minimum absolute atomic E-state index is 0.0215. The van der Waals surface area contributed by atoms with Gasteiger partial charge in [0, 0.05) is 15.6 Å². The van der Waals surface area contributed by atoms with Crippen LogP contribution in [0.5, 0.6) is 0 Å². The van der Waals surface area contributed by atoms with Gasteiger partial charge in [-0.3, -0.25) is 4.79 Å². The van der Waals surface area contributed by atoms with Gasteiger partial charge in [0.15, 0.2) is 0 Å². The van der Waals surface area contributed by atoms with E-state index in [0.717, 1.165) is 20.6 Å². The highest BCUT2D eigenvalue weighted by Gasteiger charge is 2.23. The van der Waals surface area contributed by atoms with Crippen molar-refractivity contribution in [3.05, 3.63) is 49.1 Å². The van der Waals surface area contributed by atoms with Gasteiger partial charge >= 0.3 is 0 Å². The van der Waals surface area contributed by atoms with Crippen LogP contribution in [0.25, 0.3) is 0 Å². The Kier molecular flexibility index (Phi) is 3.73. The van der Waals surface area contributed by atoms with Crippen molar-refractivity contribution >= 4 is 66.4 Å². The Hall–Kier alpha value is -0.360. The molecule has 1 N–H and O–H groups in total. The molecule has 2 nitrogen and oxygen atoms in total. The normalized spacial score (nSPS) is 15.2. The molecule has 0 fully saturated rings. The lowest BCUT2D eigenvalue weighted by Crippen LogP contribution is -2.03. The number of carbonyl (C=O) groups is 1. The smallest absolute Gasteiger partial charge is 0.228 e. The first-order valence-electron chi connectivity index (χ1n) is 5.56. The van der Waals surface area contributed by atoms with Crippen molar-refractivity contribution in [1.29, 1.82) is 0 Å². The van der Waals surface area contributed by atoms with Crippen molar-refractivity contribution in [2.24, 2.45) is 0 Å². The molecule has 1 aliphatic heterocycles. The molecule has 1 aromatic carbocycles. The second-order valence-corrected chi connectivity index (χ2v) is 8.08. The molecule has 1 amide bonds. The molecule has 19 heavy (non-hydrogen) atoms. The second kappa shape index (κ2) is 5.20. The van der Waals surface area contributed by atoms with Crippen LogP contribution < -0.4 is 5.32 Å². The summed E-state index contributed by atoms with van der Waals surface area (Å²) in [5, 5.41) is 3.46. The summed E-state index contributed by atoms with van der Waals surface area (Å²) in [5.41, 5.74) is 2.82. The summed E-state index contributed by atoms with van der Waals surface area (Å²) in [4.78, 5) is 12.6. The van der Waals surface area contributed by atoms with Gasteiger partial charge in [-0.25, -0.2) is 0 Å². The van der Waals surface area contributed by atoms with Crippen molar-refractivity contribution in [2.75, 3.05) is 5.32 Å². The van der Waals surface area contributed by atoms with Gasteiger partial charge in [0.2, 0.25) is 5.91 Å². The van der Waals surface area contributed by atoms with Gasteiger partial charge < -0.3 is 5.32 Å². The van der Waals surface area contributed by atoms with E-state index in [1.165, 1.54) is 4.88 Å². The largest absolute Gasteiger partial charge is 0.325 e. The van der Waals surface area contributed by atoms with Gasteiger partial charge in [0.05, 0.1) is 15.0 Å². The first-order chi connectivity index (χ1) is 9.04. The molecular formula is C13H8Br2ClNOS.